The molecule has 0 saturated carbocycles. The first-order valence-electron chi connectivity index (χ1n) is 12.4. The number of amides is 3. The van der Waals surface area contributed by atoms with Gasteiger partial charge in [0.15, 0.2) is 5.60 Å². The first-order chi connectivity index (χ1) is 17.3. The molecule has 2 aromatic carbocycles. The Hall–Kier alpha value is -3.30. The summed E-state index contributed by atoms with van der Waals surface area (Å²) in [4.78, 5) is 42.4. The molecular weight excluding hydrogens is 492 g/mol. The van der Waals surface area contributed by atoms with Gasteiger partial charge in [0.1, 0.15) is 0 Å². The number of hydrogen-bond donors (Lipinski definition) is 1. The van der Waals surface area contributed by atoms with E-state index in [0.29, 0.717) is 39.5 Å². The number of sulfonamides is 1. The van der Waals surface area contributed by atoms with Gasteiger partial charge in [0.25, 0.3) is 15.9 Å². The molecule has 4 aliphatic rings. The quantitative estimate of drug-likeness (QED) is 0.477. The summed E-state index contributed by atoms with van der Waals surface area (Å²) in [5.74, 6) is -5.01. The fraction of sp³-hybridized carbons (Fsp3) is 0.393. The molecule has 2 bridgehead atoms. The molecule has 4 unspecified atom stereocenters. The second-order valence-electron chi connectivity index (χ2n) is 10.4. The molecule has 0 aromatic heterocycles. The molecule has 2 aromatic rings. The summed E-state index contributed by atoms with van der Waals surface area (Å²) in [6.45, 7) is 8.89. The summed E-state index contributed by atoms with van der Waals surface area (Å²) < 4.78 is 28.8. The van der Waals surface area contributed by atoms with Crippen LogP contribution < -0.4 is 4.90 Å². The number of piperidine rings is 1. The molecule has 1 aliphatic carbocycles. The maximum Gasteiger partial charge on any atom is 0.274 e. The lowest BCUT2D eigenvalue weighted by atomic mass is 9.63. The summed E-state index contributed by atoms with van der Waals surface area (Å²) in [7, 11) is -4.47. The SMILES string of the molecule is CCCC1=CC2C3C(=O)N(c4ccc(C)cc4)C(=O)C3C1(O)C(=O)N2S(=O)(=O)c1c(C)cc(C)cc1C. The number of aliphatic hydroxyl groups is 1. The van der Waals surface area contributed by atoms with Crippen LogP contribution in [0.4, 0.5) is 5.69 Å². The molecule has 3 amide bonds. The molecule has 2 saturated heterocycles. The van der Waals surface area contributed by atoms with E-state index in [1.165, 1.54) is 6.08 Å². The van der Waals surface area contributed by atoms with E-state index in [9.17, 15) is 27.9 Å². The molecule has 3 aliphatic heterocycles. The average molecular weight is 523 g/mol. The van der Waals surface area contributed by atoms with Gasteiger partial charge in [-0.05, 0) is 62.9 Å². The third-order valence-corrected chi connectivity index (χ3v) is 9.85. The molecule has 6 rings (SSSR count). The van der Waals surface area contributed by atoms with Gasteiger partial charge in [-0.15, -0.1) is 0 Å². The highest BCUT2D eigenvalue weighted by atomic mass is 32.2. The number of rotatable bonds is 5. The van der Waals surface area contributed by atoms with Crippen LogP contribution in [-0.2, 0) is 24.4 Å². The topological polar surface area (TPSA) is 112 Å². The van der Waals surface area contributed by atoms with Gasteiger partial charge in [0.2, 0.25) is 11.8 Å². The van der Waals surface area contributed by atoms with Gasteiger partial charge in [-0.3, -0.25) is 14.4 Å². The number of fused-ring (bicyclic) bond motifs is 1. The van der Waals surface area contributed by atoms with E-state index >= 15 is 0 Å². The second-order valence-corrected chi connectivity index (χ2v) is 12.1. The predicted molar refractivity (Wildman–Crippen MR) is 137 cm³/mol. The zero-order valence-electron chi connectivity index (χ0n) is 21.5. The van der Waals surface area contributed by atoms with Crippen molar-refractivity contribution in [3.05, 3.63) is 70.3 Å². The third kappa shape index (κ3) is 3.37. The number of carbonyl (C=O) groups is 3. The molecule has 0 radical (unpaired) electrons. The summed E-state index contributed by atoms with van der Waals surface area (Å²) >= 11 is 0. The van der Waals surface area contributed by atoms with E-state index in [-0.39, 0.29) is 4.90 Å². The van der Waals surface area contributed by atoms with Crippen LogP contribution in [0.2, 0.25) is 0 Å². The summed E-state index contributed by atoms with van der Waals surface area (Å²) in [5, 5.41) is 12.0. The van der Waals surface area contributed by atoms with Gasteiger partial charge in [0.05, 0.1) is 28.5 Å². The van der Waals surface area contributed by atoms with Crippen LogP contribution in [0.25, 0.3) is 0 Å². The highest BCUT2D eigenvalue weighted by molar-refractivity contribution is 7.89. The van der Waals surface area contributed by atoms with Crippen molar-refractivity contribution < 1.29 is 27.9 Å². The van der Waals surface area contributed by atoms with Crippen molar-refractivity contribution in [2.45, 2.75) is 64.0 Å². The summed E-state index contributed by atoms with van der Waals surface area (Å²) in [5.41, 5.74) is 0.911. The van der Waals surface area contributed by atoms with E-state index in [2.05, 4.69) is 0 Å². The Morgan fingerprint density at radius 1 is 0.919 bits per heavy atom. The van der Waals surface area contributed by atoms with Crippen molar-refractivity contribution in [3.63, 3.8) is 0 Å². The molecule has 37 heavy (non-hydrogen) atoms. The molecule has 4 atom stereocenters. The fourth-order valence-electron chi connectivity index (χ4n) is 6.33. The first kappa shape index (κ1) is 25.4. The van der Waals surface area contributed by atoms with Gasteiger partial charge in [-0.2, -0.15) is 0 Å². The van der Waals surface area contributed by atoms with Crippen LogP contribution in [0.5, 0.6) is 0 Å². The Morgan fingerprint density at radius 2 is 1.51 bits per heavy atom. The molecule has 1 N–H and O–H groups in total. The maximum atomic E-state index is 14.1. The molecule has 194 valence electrons. The number of hydrogen-bond acceptors (Lipinski definition) is 6. The highest BCUT2D eigenvalue weighted by Gasteiger charge is 2.72. The summed E-state index contributed by atoms with van der Waals surface area (Å²) in [6, 6.07) is 8.98. The second kappa shape index (κ2) is 8.36. The molecule has 2 fully saturated rings. The van der Waals surface area contributed by atoms with Gasteiger partial charge in [0, 0.05) is 0 Å². The smallest absolute Gasteiger partial charge is 0.274 e. The van der Waals surface area contributed by atoms with Gasteiger partial charge >= 0.3 is 0 Å². The van der Waals surface area contributed by atoms with E-state index in [1.807, 2.05) is 20.8 Å². The lowest BCUT2D eigenvalue weighted by Gasteiger charge is -2.52. The van der Waals surface area contributed by atoms with E-state index in [0.717, 1.165) is 16.0 Å². The minimum absolute atomic E-state index is 0.0308. The lowest BCUT2D eigenvalue weighted by Crippen LogP contribution is -2.71. The van der Waals surface area contributed by atoms with E-state index in [1.54, 1.807) is 50.2 Å². The van der Waals surface area contributed by atoms with Crippen molar-refractivity contribution in [3.8, 4) is 0 Å². The van der Waals surface area contributed by atoms with Crippen molar-refractivity contribution in [2.75, 3.05) is 4.90 Å². The maximum absolute atomic E-state index is 14.1. The molecular formula is C28H30N2O6S. The van der Waals surface area contributed by atoms with Crippen LogP contribution >= 0.6 is 0 Å². The van der Waals surface area contributed by atoms with Crippen LogP contribution in [0.1, 0.15) is 42.0 Å². The van der Waals surface area contributed by atoms with Gasteiger partial charge in [-0.1, -0.05) is 54.8 Å². The van der Waals surface area contributed by atoms with Crippen molar-refractivity contribution in [2.24, 2.45) is 11.8 Å². The van der Waals surface area contributed by atoms with E-state index < -0.39 is 51.2 Å². The Labute approximate surface area is 216 Å². The summed E-state index contributed by atoms with van der Waals surface area (Å²) in [6.07, 6.45) is 2.38. The van der Waals surface area contributed by atoms with Crippen molar-refractivity contribution in [1.82, 2.24) is 4.31 Å². The van der Waals surface area contributed by atoms with Crippen LogP contribution in [-0.4, -0.2) is 47.2 Å². The average Bonchev–Trinajstić information content (AvgIpc) is 3.07. The monoisotopic (exact) mass is 522 g/mol. The first-order valence-corrected chi connectivity index (χ1v) is 13.8. The molecule has 8 nitrogen and oxygen atoms in total. The lowest BCUT2D eigenvalue weighted by molar-refractivity contribution is -0.167. The zero-order valence-corrected chi connectivity index (χ0v) is 22.3. The number of benzene rings is 2. The van der Waals surface area contributed by atoms with Crippen molar-refractivity contribution in [1.29, 1.82) is 0 Å². The Morgan fingerprint density at radius 3 is 2.08 bits per heavy atom. The predicted octanol–water partition coefficient (Wildman–Crippen LogP) is 3.10. The van der Waals surface area contributed by atoms with Crippen LogP contribution in [0.15, 0.2) is 52.9 Å². The number of carbonyl (C=O) groups excluding carboxylic acids is 3. The normalized spacial score (nSPS) is 27.1. The minimum atomic E-state index is -4.47. The minimum Gasteiger partial charge on any atom is -0.375 e. The number of aryl methyl sites for hydroxylation is 4. The Kier molecular flexibility index (Phi) is 5.73. The van der Waals surface area contributed by atoms with Gasteiger partial charge in [-0.25, -0.2) is 17.6 Å². The standard InChI is InChI=1S/C28H30N2O6S/c1-6-7-19-14-21-22-23(26(32)29(25(22)31)20-10-8-15(2)9-11-20)28(19,34)27(33)30(21)37(35,36)24-17(4)12-16(3)13-18(24)5/h8-14,21-23,34H,6-7H2,1-5H3. The number of imide groups is 1. The Bertz CT molecular complexity index is 1470. The van der Waals surface area contributed by atoms with Crippen LogP contribution in [0, 0.1) is 39.5 Å². The third-order valence-electron chi connectivity index (χ3n) is 7.76. The number of anilines is 1. The number of nitrogens with zero attached hydrogens (tertiary/aromatic N) is 2. The van der Waals surface area contributed by atoms with Crippen molar-refractivity contribution >= 4 is 33.4 Å². The molecule has 0 spiro atoms. The zero-order chi connectivity index (χ0) is 27.0. The molecule has 3 heterocycles. The largest absolute Gasteiger partial charge is 0.375 e. The molecule has 9 heteroatoms. The van der Waals surface area contributed by atoms with Crippen LogP contribution in [0.3, 0.4) is 0 Å². The Balaban J connectivity index is 1.70. The van der Waals surface area contributed by atoms with Gasteiger partial charge < -0.3 is 5.11 Å². The fourth-order valence-corrected chi connectivity index (χ4v) is 8.33. The highest BCUT2D eigenvalue weighted by Crippen LogP contribution is 2.54. The van der Waals surface area contributed by atoms with E-state index in [4.69, 9.17) is 0 Å².